The van der Waals surface area contributed by atoms with Gasteiger partial charge < -0.3 is 19.2 Å². The van der Waals surface area contributed by atoms with E-state index in [1.54, 1.807) is 12.1 Å². The summed E-state index contributed by atoms with van der Waals surface area (Å²) in [4.78, 5) is 17.9. The predicted octanol–water partition coefficient (Wildman–Crippen LogP) is 5.86. The molecule has 0 fully saturated rings. The van der Waals surface area contributed by atoms with Crippen molar-refractivity contribution in [2.24, 2.45) is 0 Å². The highest BCUT2D eigenvalue weighted by atomic mass is 19.1. The van der Waals surface area contributed by atoms with Gasteiger partial charge in [0.1, 0.15) is 17.3 Å². The first kappa shape index (κ1) is 26.0. The van der Waals surface area contributed by atoms with Gasteiger partial charge in [-0.2, -0.15) is 5.26 Å². The lowest BCUT2D eigenvalue weighted by Crippen LogP contribution is -2.32. The van der Waals surface area contributed by atoms with Gasteiger partial charge in [0.2, 0.25) is 5.89 Å². The summed E-state index contributed by atoms with van der Waals surface area (Å²) in [6, 6.07) is 20.0. The number of carbonyl (C=O) groups is 1. The Morgan fingerprint density at radius 2 is 1.97 bits per heavy atom. The Hall–Kier alpha value is -4.64. The van der Waals surface area contributed by atoms with Crippen LogP contribution in [0.25, 0.3) is 11.5 Å². The molecule has 7 nitrogen and oxygen atoms in total. The Balaban J connectivity index is 1.35. The van der Waals surface area contributed by atoms with Crippen LogP contribution in [-0.4, -0.2) is 29.2 Å². The highest BCUT2D eigenvalue weighted by molar-refractivity contribution is 5.67. The molecule has 2 heterocycles. The standard InChI is InChI=1S/C31H28FN3O4/c1-20-27(34-31(39-20)23-5-3-2-4-6-23)14-16-38-29-11-8-22(9-12-30(36)37)25-19-35(15-13-24(25)29)28-10-7-21(18-33)17-26(28)32/h2-8,10-11,17H,9,12-16,19H2,1H3,(H,36,37). The van der Waals surface area contributed by atoms with E-state index >= 15 is 0 Å². The summed E-state index contributed by atoms with van der Waals surface area (Å²) in [5.41, 5.74) is 5.34. The van der Waals surface area contributed by atoms with E-state index < -0.39 is 11.8 Å². The van der Waals surface area contributed by atoms with Crippen LogP contribution in [-0.2, 0) is 30.6 Å². The minimum atomic E-state index is -0.868. The van der Waals surface area contributed by atoms with Crippen molar-refractivity contribution >= 4 is 11.7 Å². The van der Waals surface area contributed by atoms with E-state index in [9.17, 15) is 14.3 Å². The molecule has 198 valence electrons. The van der Waals surface area contributed by atoms with Gasteiger partial charge in [-0.15, -0.1) is 0 Å². The number of hydrogen-bond donors (Lipinski definition) is 1. The lowest BCUT2D eigenvalue weighted by atomic mass is 9.91. The van der Waals surface area contributed by atoms with Crippen molar-refractivity contribution in [2.45, 2.75) is 39.2 Å². The second-order valence-corrected chi connectivity index (χ2v) is 9.51. The molecule has 0 aliphatic carbocycles. The second-order valence-electron chi connectivity index (χ2n) is 9.51. The Morgan fingerprint density at radius 3 is 2.72 bits per heavy atom. The number of nitriles is 1. The SMILES string of the molecule is Cc1oc(-c2ccccc2)nc1CCOc1ccc(CCC(=O)O)c2c1CCN(c1ccc(C#N)cc1F)C2. The number of carboxylic acid groups (broad SMARTS) is 1. The molecule has 8 heteroatoms. The number of hydrogen-bond acceptors (Lipinski definition) is 6. The van der Waals surface area contributed by atoms with Crippen molar-refractivity contribution in [3.63, 3.8) is 0 Å². The van der Waals surface area contributed by atoms with Gasteiger partial charge in [-0.1, -0.05) is 24.3 Å². The molecule has 0 atom stereocenters. The largest absolute Gasteiger partial charge is 0.493 e. The third kappa shape index (κ3) is 5.78. The molecule has 4 aromatic rings. The predicted molar refractivity (Wildman–Crippen MR) is 144 cm³/mol. The fourth-order valence-electron chi connectivity index (χ4n) is 4.98. The van der Waals surface area contributed by atoms with Crippen molar-refractivity contribution in [3.8, 4) is 23.3 Å². The number of aromatic nitrogens is 1. The smallest absolute Gasteiger partial charge is 0.303 e. The molecule has 0 saturated heterocycles. The number of rotatable bonds is 9. The van der Waals surface area contributed by atoms with Gasteiger partial charge in [-0.25, -0.2) is 9.37 Å². The summed E-state index contributed by atoms with van der Waals surface area (Å²) in [6.07, 6.45) is 1.57. The molecule has 3 aromatic carbocycles. The molecule has 0 radical (unpaired) electrons. The first-order valence-corrected chi connectivity index (χ1v) is 12.9. The Bertz CT molecular complexity index is 1540. The molecule has 0 spiro atoms. The van der Waals surface area contributed by atoms with Gasteiger partial charge in [-0.05, 0) is 67.3 Å². The monoisotopic (exact) mass is 525 g/mol. The fourth-order valence-corrected chi connectivity index (χ4v) is 4.98. The van der Waals surface area contributed by atoms with E-state index in [1.165, 1.54) is 6.07 Å². The molecule has 1 aromatic heterocycles. The number of ether oxygens (including phenoxy) is 1. The summed E-state index contributed by atoms with van der Waals surface area (Å²) in [7, 11) is 0. The zero-order valence-corrected chi connectivity index (χ0v) is 21.6. The number of fused-ring (bicyclic) bond motifs is 1. The molecular weight excluding hydrogens is 497 g/mol. The van der Waals surface area contributed by atoms with Crippen molar-refractivity contribution in [1.82, 2.24) is 4.98 Å². The topological polar surface area (TPSA) is 99.6 Å². The maximum Gasteiger partial charge on any atom is 0.303 e. The zero-order valence-electron chi connectivity index (χ0n) is 21.6. The molecule has 1 aliphatic rings. The molecular formula is C31H28FN3O4. The Kier molecular flexibility index (Phi) is 7.60. The van der Waals surface area contributed by atoms with Gasteiger partial charge in [0, 0.05) is 37.1 Å². The van der Waals surface area contributed by atoms with Crippen LogP contribution in [0.1, 0.15) is 40.1 Å². The van der Waals surface area contributed by atoms with Crippen molar-refractivity contribution in [3.05, 3.63) is 100 Å². The number of nitrogens with zero attached hydrogens (tertiary/aromatic N) is 3. The van der Waals surface area contributed by atoms with Crippen LogP contribution in [0.15, 0.2) is 65.1 Å². The quantitative estimate of drug-likeness (QED) is 0.292. The molecule has 0 saturated carbocycles. The third-order valence-electron chi connectivity index (χ3n) is 7.00. The van der Waals surface area contributed by atoms with Crippen LogP contribution in [0, 0.1) is 24.1 Å². The number of anilines is 1. The summed E-state index contributed by atoms with van der Waals surface area (Å²) in [5, 5.41) is 18.3. The third-order valence-corrected chi connectivity index (χ3v) is 7.00. The number of halogens is 1. The first-order chi connectivity index (χ1) is 18.9. The van der Waals surface area contributed by atoms with Crippen LogP contribution >= 0.6 is 0 Å². The van der Waals surface area contributed by atoms with Crippen LogP contribution in [0.3, 0.4) is 0 Å². The summed E-state index contributed by atoms with van der Waals surface area (Å²) in [6.45, 7) is 3.28. The van der Waals surface area contributed by atoms with E-state index in [4.69, 9.17) is 14.4 Å². The van der Waals surface area contributed by atoms with E-state index in [1.807, 2.05) is 60.4 Å². The molecule has 39 heavy (non-hydrogen) atoms. The normalized spacial score (nSPS) is 12.6. The van der Waals surface area contributed by atoms with E-state index in [2.05, 4.69) is 4.98 Å². The molecule has 0 amide bonds. The van der Waals surface area contributed by atoms with Crippen molar-refractivity contribution in [1.29, 1.82) is 5.26 Å². The maximum absolute atomic E-state index is 14.8. The van der Waals surface area contributed by atoms with Gasteiger partial charge in [0.15, 0.2) is 0 Å². The average molecular weight is 526 g/mol. The van der Waals surface area contributed by atoms with E-state index in [0.29, 0.717) is 50.5 Å². The van der Waals surface area contributed by atoms with Gasteiger partial charge >= 0.3 is 5.97 Å². The fraction of sp³-hybridized carbons (Fsp3) is 0.258. The molecule has 1 N–H and O–H groups in total. The zero-order chi connectivity index (χ0) is 27.4. The van der Waals surface area contributed by atoms with Gasteiger partial charge in [-0.3, -0.25) is 4.79 Å². The van der Waals surface area contributed by atoms with Gasteiger partial charge in [0.05, 0.1) is 29.6 Å². The molecule has 0 unspecified atom stereocenters. The summed E-state index contributed by atoms with van der Waals surface area (Å²) in [5.74, 6) is 0.762. The highest BCUT2D eigenvalue weighted by Gasteiger charge is 2.25. The lowest BCUT2D eigenvalue weighted by molar-refractivity contribution is -0.136. The van der Waals surface area contributed by atoms with Gasteiger partial charge in [0.25, 0.3) is 0 Å². The van der Waals surface area contributed by atoms with E-state index in [0.717, 1.165) is 39.5 Å². The van der Waals surface area contributed by atoms with Crippen molar-refractivity contribution in [2.75, 3.05) is 18.1 Å². The maximum atomic E-state index is 14.8. The number of aryl methyl sites for hydroxylation is 2. The van der Waals surface area contributed by atoms with Crippen LogP contribution in [0.5, 0.6) is 5.75 Å². The lowest BCUT2D eigenvalue weighted by Gasteiger charge is -2.33. The van der Waals surface area contributed by atoms with Crippen LogP contribution in [0.2, 0.25) is 0 Å². The molecule has 5 rings (SSSR count). The Morgan fingerprint density at radius 1 is 1.15 bits per heavy atom. The minimum Gasteiger partial charge on any atom is -0.493 e. The first-order valence-electron chi connectivity index (χ1n) is 12.9. The molecule has 0 bridgehead atoms. The van der Waals surface area contributed by atoms with Crippen molar-refractivity contribution < 1.29 is 23.4 Å². The van der Waals surface area contributed by atoms with Crippen LogP contribution in [0.4, 0.5) is 10.1 Å². The average Bonchev–Trinajstić information content (AvgIpc) is 3.32. The number of carboxylic acids is 1. The Labute approximate surface area is 226 Å². The summed E-state index contributed by atoms with van der Waals surface area (Å²) < 4.78 is 26.9. The number of aliphatic carboxylic acids is 1. The minimum absolute atomic E-state index is 0.00700. The van der Waals surface area contributed by atoms with E-state index in [-0.39, 0.29) is 12.0 Å². The molecule has 1 aliphatic heterocycles. The second kappa shape index (κ2) is 11.4. The van der Waals surface area contributed by atoms with Crippen LogP contribution < -0.4 is 9.64 Å². The highest BCUT2D eigenvalue weighted by Crippen LogP contribution is 2.35. The number of benzene rings is 3. The summed E-state index contributed by atoms with van der Waals surface area (Å²) >= 11 is 0. The number of oxazole rings is 1.